The largest absolute Gasteiger partial charge is 0.497 e. The van der Waals surface area contributed by atoms with Gasteiger partial charge in [-0.05, 0) is 43.9 Å². The summed E-state index contributed by atoms with van der Waals surface area (Å²) < 4.78 is 16.3. The van der Waals surface area contributed by atoms with Crippen molar-refractivity contribution in [2.24, 2.45) is 5.73 Å². The monoisotopic (exact) mass is 303 g/mol. The Labute approximate surface area is 129 Å². The van der Waals surface area contributed by atoms with E-state index in [1.807, 2.05) is 31.2 Å². The zero-order valence-electron chi connectivity index (χ0n) is 12.9. The van der Waals surface area contributed by atoms with Gasteiger partial charge in [0.05, 0.1) is 19.3 Å². The van der Waals surface area contributed by atoms with Crippen LogP contribution in [-0.2, 0) is 16.9 Å². The molecule has 1 fully saturated rings. The van der Waals surface area contributed by atoms with Gasteiger partial charge in [-0.1, -0.05) is 17.3 Å². The highest BCUT2D eigenvalue weighted by Gasteiger charge is 2.39. The first-order valence-corrected chi connectivity index (χ1v) is 7.48. The lowest BCUT2D eigenvalue weighted by Gasteiger charge is -2.34. The molecule has 1 unspecified atom stereocenters. The molecule has 6 nitrogen and oxygen atoms in total. The van der Waals surface area contributed by atoms with Crippen LogP contribution in [0.25, 0.3) is 0 Å². The van der Waals surface area contributed by atoms with Gasteiger partial charge in [0.1, 0.15) is 11.9 Å². The molecule has 6 heteroatoms. The molecule has 0 spiro atoms. The van der Waals surface area contributed by atoms with Crippen LogP contribution in [0.5, 0.6) is 5.75 Å². The minimum absolute atomic E-state index is 0.281. The molecule has 118 valence electrons. The minimum Gasteiger partial charge on any atom is -0.497 e. The summed E-state index contributed by atoms with van der Waals surface area (Å²) >= 11 is 0. The number of hydrogen-bond acceptors (Lipinski definition) is 6. The standard InChI is InChI=1S/C16H21N3O3/c1-11(21-10-12-5-3-6-13(9-12)20-2)14-18-15(19-22-14)16(17)7-4-8-16/h3,5-6,9,11H,4,7-8,10,17H2,1-2H3. The van der Waals surface area contributed by atoms with E-state index in [9.17, 15) is 0 Å². The van der Waals surface area contributed by atoms with Gasteiger partial charge in [-0.25, -0.2) is 0 Å². The van der Waals surface area contributed by atoms with Gasteiger partial charge < -0.3 is 19.7 Å². The van der Waals surface area contributed by atoms with Gasteiger partial charge in [0.25, 0.3) is 5.89 Å². The van der Waals surface area contributed by atoms with Crippen molar-refractivity contribution in [1.82, 2.24) is 10.1 Å². The van der Waals surface area contributed by atoms with Gasteiger partial charge >= 0.3 is 0 Å². The fourth-order valence-electron chi connectivity index (χ4n) is 2.44. The summed E-state index contributed by atoms with van der Waals surface area (Å²) in [5, 5.41) is 4.00. The van der Waals surface area contributed by atoms with Crippen molar-refractivity contribution in [3.63, 3.8) is 0 Å². The van der Waals surface area contributed by atoms with E-state index in [0.717, 1.165) is 30.6 Å². The predicted octanol–water partition coefficient (Wildman–Crippen LogP) is 2.69. The summed E-state index contributed by atoms with van der Waals surface area (Å²) in [6, 6.07) is 7.76. The number of nitrogens with zero attached hydrogens (tertiary/aromatic N) is 2. The quantitative estimate of drug-likeness (QED) is 0.883. The second-order valence-electron chi connectivity index (χ2n) is 5.77. The van der Waals surface area contributed by atoms with Crippen LogP contribution in [0.2, 0.25) is 0 Å². The predicted molar refractivity (Wildman–Crippen MR) is 80.2 cm³/mol. The number of rotatable bonds is 6. The minimum atomic E-state index is -0.408. The molecule has 1 heterocycles. The SMILES string of the molecule is COc1cccc(COC(C)c2nc(C3(N)CCC3)no2)c1. The lowest BCUT2D eigenvalue weighted by Crippen LogP contribution is -2.44. The Kier molecular flexibility index (Phi) is 4.13. The highest BCUT2D eigenvalue weighted by Crippen LogP contribution is 2.37. The van der Waals surface area contributed by atoms with Crippen molar-refractivity contribution < 1.29 is 14.0 Å². The van der Waals surface area contributed by atoms with Crippen molar-refractivity contribution in [3.8, 4) is 5.75 Å². The summed E-state index contributed by atoms with van der Waals surface area (Å²) in [7, 11) is 1.64. The zero-order chi connectivity index (χ0) is 15.6. The van der Waals surface area contributed by atoms with Gasteiger partial charge in [-0.15, -0.1) is 0 Å². The van der Waals surface area contributed by atoms with Crippen molar-refractivity contribution >= 4 is 0 Å². The Morgan fingerprint density at radius 3 is 2.91 bits per heavy atom. The maximum atomic E-state index is 6.19. The van der Waals surface area contributed by atoms with Crippen LogP contribution >= 0.6 is 0 Å². The van der Waals surface area contributed by atoms with E-state index in [1.54, 1.807) is 7.11 Å². The summed E-state index contributed by atoms with van der Waals surface area (Å²) in [5.41, 5.74) is 6.81. The molecule has 3 rings (SSSR count). The maximum absolute atomic E-state index is 6.19. The number of ether oxygens (including phenoxy) is 2. The number of methoxy groups -OCH3 is 1. The molecular formula is C16H21N3O3. The second-order valence-corrected chi connectivity index (χ2v) is 5.77. The smallest absolute Gasteiger partial charge is 0.255 e. The van der Waals surface area contributed by atoms with E-state index in [-0.39, 0.29) is 6.10 Å². The number of hydrogen-bond donors (Lipinski definition) is 1. The van der Waals surface area contributed by atoms with Crippen molar-refractivity contribution in [1.29, 1.82) is 0 Å². The van der Waals surface area contributed by atoms with E-state index < -0.39 is 5.54 Å². The Morgan fingerprint density at radius 1 is 1.41 bits per heavy atom. The Morgan fingerprint density at radius 2 is 2.23 bits per heavy atom. The third kappa shape index (κ3) is 2.98. The Balaban J connectivity index is 1.61. The van der Waals surface area contributed by atoms with E-state index in [2.05, 4.69) is 10.1 Å². The highest BCUT2D eigenvalue weighted by molar-refractivity contribution is 5.27. The summed E-state index contributed by atoms with van der Waals surface area (Å²) in [5.74, 6) is 1.86. The summed E-state index contributed by atoms with van der Waals surface area (Å²) in [6.07, 6.45) is 2.65. The van der Waals surface area contributed by atoms with Gasteiger partial charge in [0.15, 0.2) is 5.82 Å². The van der Waals surface area contributed by atoms with Gasteiger partial charge in [-0.2, -0.15) is 4.98 Å². The summed E-state index contributed by atoms with van der Waals surface area (Å²) in [6.45, 7) is 2.34. The topological polar surface area (TPSA) is 83.4 Å². The van der Waals surface area contributed by atoms with Gasteiger partial charge in [-0.3, -0.25) is 0 Å². The van der Waals surface area contributed by atoms with Crippen molar-refractivity contribution in [2.75, 3.05) is 7.11 Å². The van der Waals surface area contributed by atoms with Crippen LogP contribution in [0.4, 0.5) is 0 Å². The highest BCUT2D eigenvalue weighted by atomic mass is 16.5. The molecule has 0 radical (unpaired) electrons. The first kappa shape index (κ1) is 15.0. The van der Waals surface area contributed by atoms with Crippen LogP contribution in [0.3, 0.4) is 0 Å². The fourth-order valence-corrected chi connectivity index (χ4v) is 2.44. The second kappa shape index (κ2) is 6.06. The lowest BCUT2D eigenvalue weighted by molar-refractivity contribution is 0.0307. The average molecular weight is 303 g/mol. The number of aromatic nitrogens is 2. The van der Waals surface area contributed by atoms with E-state index >= 15 is 0 Å². The Bertz CT molecular complexity index is 637. The summed E-state index contributed by atoms with van der Waals surface area (Å²) in [4.78, 5) is 4.40. The fraction of sp³-hybridized carbons (Fsp3) is 0.500. The molecule has 2 aromatic rings. The molecule has 1 aromatic heterocycles. The number of benzene rings is 1. The van der Waals surface area contributed by atoms with Crippen molar-refractivity contribution in [2.45, 2.75) is 44.4 Å². The molecule has 22 heavy (non-hydrogen) atoms. The third-order valence-electron chi connectivity index (χ3n) is 4.11. The molecule has 1 aliphatic carbocycles. The van der Waals surface area contributed by atoms with Crippen LogP contribution < -0.4 is 10.5 Å². The number of nitrogens with two attached hydrogens (primary N) is 1. The third-order valence-corrected chi connectivity index (χ3v) is 4.11. The first-order chi connectivity index (χ1) is 10.6. The van der Waals surface area contributed by atoms with Crippen molar-refractivity contribution in [3.05, 3.63) is 41.5 Å². The normalized spacial score (nSPS) is 17.8. The van der Waals surface area contributed by atoms with Crippen LogP contribution in [0, 0.1) is 0 Å². The van der Waals surface area contributed by atoms with Crippen LogP contribution in [-0.4, -0.2) is 17.3 Å². The van der Waals surface area contributed by atoms with E-state index in [0.29, 0.717) is 18.3 Å². The van der Waals surface area contributed by atoms with Gasteiger partial charge in [0.2, 0.25) is 0 Å². The molecule has 1 atom stereocenters. The molecule has 0 bridgehead atoms. The molecule has 1 saturated carbocycles. The molecule has 1 aromatic carbocycles. The van der Waals surface area contributed by atoms with Crippen LogP contribution in [0.15, 0.2) is 28.8 Å². The van der Waals surface area contributed by atoms with E-state index in [4.69, 9.17) is 19.7 Å². The molecule has 0 aliphatic heterocycles. The molecular weight excluding hydrogens is 282 g/mol. The Hall–Kier alpha value is -1.92. The van der Waals surface area contributed by atoms with Crippen LogP contribution in [0.1, 0.15) is 49.6 Å². The van der Waals surface area contributed by atoms with Gasteiger partial charge in [0, 0.05) is 0 Å². The molecule has 1 aliphatic rings. The van der Waals surface area contributed by atoms with E-state index in [1.165, 1.54) is 0 Å². The first-order valence-electron chi connectivity index (χ1n) is 7.48. The maximum Gasteiger partial charge on any atom is 0.255 e. The molecule has 0 amide bonds. The average Bonchev–Trinajstić information content (AvgIpc) is 3.01. The lowest BCUT2D eigenvalue weighted by atomic mass is 9.77. The molecule has 2 N–H and O–H groups in total. The molecule has 0 saturated heterocycles. The zero-order valence-corrected chi connectivity index (χ0v) is 12.9.